The lowest BCUT2D eigenvalue weighted by atomic mass is 10.1. The van der Waals surface area contributed by atoms with Crippen molar-refractivity contribution >= 4 is 11.8 Å². The molecule has 0 bridgehead atoms. The van der Waals surface area contributed by atoms with E-state index in [1.807, 2.05) is 0 Å². The van der Waals surface area contributed by atoms with E-state index in [0.717, 1.165) is 5.56 Å². The van der Waals surface area contributed by atoms with Crippen molar-refractivity contribution in [2.75, 3.05) is 6.54 Å². The molecule has 28 heavy (non-hydrogen) atoms. The number of carbonyl (C=O) groups excluding carboxylic acids is 2. The van der Waals surface area contributed by atoms with Gasteiger partial charge in [0, 0.05) is 37.2 Å². The summed E-state index contributed by atoms with van der Waals surface area (Å²) in [6, 6.07) is 13.0. The second-order valence-electron chi connectivity index (χ2n) is 6.07. The minimum Gasteiger partial charge on any atom is -0.350 e. The zero-order chi connectivity index (χ0) is 19.8. The number of hydrogen-bond acceptors (Lipinski definition) is 4. The van der Waals surface area contributed by atoms with Gasteiger partial charge in [-0.2, -0.15) is 0 Å². The normalized spacial score (nSPS) is 10.3. The highest BCUT2D eigenvalue weighted by molar-refractivity contribution is 5.98. The maximum atomic E-state index is 13.6. The Hall–Kier alpha value is -3.61. The van der Waals surface area contributed by atoms with E-state index < -0.39 is 5.91 Å². The van der Waals surface area contributed by atoms with Crippen molar-refractivity contribution in [3.63, 3.8) is 0 Å². The molecule has 0 radical (unpaired) electrons. The fraction of sp³-hybridized carbons (Fsp3) is 0.143. The molecule has 3 aromatic rings. The first-order valence-electron chi connectivity index (χ1n) is 8.78. The first-order valence-corrected chi connectivity index (χ1v) is 8.78. The molecule has 2 aromatic heterocycles. The average Bonchev–Trinajstić information content (AvgIpc) is 2.74. The van der Waals surface area contributed by atoms with E-state index in [-0.39, 0.29) is 24.0 Å². The number of pyridine rings is 2. The van der Waals surface area contributed by atoms with Crippen LogP contribution in [0.1, 0.15) is 32.0 Å². The number of benzene rings is 1. The van der Waals surface area contributed by atoms with Crippen LogP contribution in [-0.2, 0) is 13.0 Å². The third-order valence-electron chi connectivity index (χ3n) is 4.09. The lowest BCUT2D eigenvalue weighted by Crippen LogP contribution is -2.28. The lowest BCUT2D eigenvalue weighted by molar-refractivity contribution is 0.0949. The SMILES string of the molecule is O=C(NCc1ccncc1)c1ccnc(C(=O)NCCc2ccccc2F)c1. The number of nitrogens with zero attached hydrogens (tertiary/aromatic N) is 2. The van der Waals surface area contributed by atoms with Crippen molar-refractivity contribution in [1.29, 1.82) is 0 Å². The predicted octanol–water partition coefficient (Wildman–Crippen LogP) is 2.52. The van der Waals surface area contributed by atoms with Crippen molar-refractivity contribution in [1.82, 2.24) is 20.6 Å². The molecule has 0 unspecified atom stereocenters. The number of hydrogen-bond donors (Lipinski definition) is 2. The molecule has 2 amide bonds. The van der Waals surface area contributed by atoms with Crippen molar-refractivity contribution in [3.05, 3.63) is 95.3 Å². The van der Waals surface area contributed by atoms with Gasteiger partial charge < -0.3 is 10.6 Å². The summed E-state index contributed by atoms with van der Waals surface area (Å²) in [5.74, 6) is -1.03. The number of amides is 2. The van der Waals surface area contributed by atoms with E-state index in [4.69, 9.17) is 0 Å². The van der Waals surface area contributed by atoms with Crippen LogP contribution in [0.4, 0.5) is 4.39 Å². The summed E-state index contributed by atoms with van der Waals surface area (Å²) < 4.78 is 13.6. The van der Waals surface area contributed by atoms with Crippen LogP contribution in [0.3, 0.4) is 0 Å². The average molecular weight is 378 g/mol. The monoisotopic (exact) mass is 378 g/mol. The Morgan fingerprint density at radius 3 is 2.50 bits per heavy atom. The summed E-state index contributed by atoms with van der Waals surface area (Å²) in [4.78, 5) is 32.5. The van der Waals surface area contributed by atoms with E-state index in [1.54, 1.807) is 42.7 Å². The third kappa shape index (κ3) is 5.20. The second-order valence-corrected chi connectivity index (χ2v) is 6.07. The highest BCUT2D eigenvalue weighted by Crippen LogP contribution is 2.07. The molecule has 1 aromatic carbocycles. The van der Waals surface area contributed by atoms with Crippen LogP contribution >= 0.6 is 0 Å². The smallest absolute Gasteiger partial charge is 0.269 e. The molecule has 0 aliphatic carbocycles. The highest BCUT2D eigenvalue weighted by Gasteiger charge is 2.12. The van der Waals surface area contributed by atoms with Gasteiger partial charge >= 0.3 is 0 Å². The van der Waals surface area contributed by atoms with Gasteiger partial charge in [-0.25, -0.2) is 4.39 Å². The lowest BCUT2D eigenvalue weighted by Gasteiger charge is -2.08. The first kappa shape index (κ1) is 19.2. The van der Waals surface area contributed by atoms with Crippen LogP contribution in [0.2, 0.25) is 0 Å². The molecular weight excluding hydrogens is 359 g/mol. The molecule has 6 nitrogen and oxygen atoms in total. The van der Waals surface area contributed by atoms with Gasteiger partial charge in [-0.1, -0.05) is 18.2 Å². The Labute approximate surface area is 161 Å². The molecule has 0 fully saturated rings. The van der Waals surface area contributed by atoms with Gasteiger partial charge in [0.25, 0.3) is 11.8 Å². The number of aromatic nitrogens is 2. The van der Waals surface area contributed by atoms with Crippen LogP contribution in [0.25, 0.3) is 0 Å². The number of nitrogens with one attached hydrogen (secondary N) is 2. The van der Waals surface area contributed by atoms with Gasteiger partial charge in [-0.05, 0) is 47.9 Å². The second kappa shape index (κ2) is 9.36. The number of halogens is 1. The molecule has 0 saturated heterocycles. The van der Waals surface area contributed by atoms with Crippen molar-refractivity contribution < 1.29 is 14.0 Å². The standard InChI is InChI=1S/C21H19FN4O2/c22-18-4-2-1-3-16(18)7-12-25-21(28)19-13-17(8-11-24-19)20(27)26-14-15-5-9-23-10-6-15/h1-6,8-11,13H,7,12,14H2,(H,25,28)(H,26,27). The molecule has 0 aliphatic rings. The minimum absolute atomic E-state index is 0.130. The molecule has 142 valence electrons. The summed E-state index contributed by atoms with van der Waals surface area (Å²) >= 11 is 0. The van der Waals surface area contributed by atoms with Gasteiger partial charge in [0.15, 0.2) is 0 Å². The summed E-state index contributed by atoms with van der Waals surface area (Å²) in [7, 11) is 0. The molecule has 0 aliphatic heterocycles. The van der Waals surface area contributed by atoms with Crippen LogP contribution in [0.15, 0.2) is 67.1 Å². The summed E-state index contributed by atoms with van der Waals surface area (Å²) in [5.41, 5.74) is 1.91. The maximum Gasteiger partial charge on any atom is 0.269 e. The topological polar surface area (TPSA) is 84.0 Å². The predicted molar refractivity (Wildman–Crippen MR) is 102 cm³/mol. The molecule has 0 atom stereocenters. The summed E-state index contributed by atoms with van der Waals surface area (Å²) in [6.07, 6.45) is 5.08. The molecule has 2 N–H and O–H groups in total. The van der Waals surface area contributed by atoms with Gasteiger partial charge in [0.1, 0.15) is 11.5 Å². The Bertz CT molecular complexity index is 963. The van der Waals surface area contributed by atoms with Crippen molar-refractivity contribution in [2.45, 2.75) is 13.0 Å². The zero-order valence-corrected chi connectivity index (χ0v) is 15.1. The van der Waals surface area contributed by atoms with Crippen molar-refractivity contribution in [2.24, 2.45) is 0 Å². The Kier molecular flexibility index (Phi) is 6.41. The first-order chi connectivity index (χ1) is 13.6. The fourth-order valence-electron chi connectivity index (χ4n) is 2.58. The molecule has 3 rings (SSSR count). The van der Waals surface area contributed by atoms with Crippen LogP contribution in [0, 0.1) is 5.82 Å². The van der Waals surface area contributed by atoms with Gasteiger partial charge in [-0.15, -0.1) is 0 Å². The van der Waals surface area contributed by atoms with Crippen molar-refractivity contribution in [3.8, 4) is 0 Å². The third-order valence-corrected chi connectivity index (χ3v) is 4.09. The van der Waals surface area contributed by atoms with Crippen LogP contribution in [-0.4, -0.2) is 28.3 Å². The molecule has 0 spiro atoms. The summed E-state index contributed by atoms with van der Waals surface area (Å²) in [5, 5.41) is 5.48. The minimum atomic E-state index is -0.417. The Morgan fingerprint density at radius 2 is 1.71 bits per heavy atom. The number of rotatable bonds is 7. The van der Waals surface area contributed by atoms with Gasteiger partial charge in [0.05, 0.1) is 0 Å². The molecule has 7 heteroatoms. The Morgan fingerprint density at radius 1 is 0.929 bits per heavy atom. The Balaban J connectivity index is 1.55. The molecular formula is C21H19FN4O2. The van der Waals surface area contributed by atoms with Crippen LogP contribution < -0.4 is 10.6 Å². The number of carbonyl (C=O) groups is 2. The van der Waals surface area contributed by atoms with E-state index in [0.29, 0.717) is 24.1 Å². The van der Waals surface area contributed by atoms with Crippen LogP contribution in [0.5, 0.6) is 0 Å². The fourth-order valence-corrected chi connectivity index (χ4v) is 2.58. The van der Waals surface area contributed by atoms with E-state index in [9.17, 15) is 14.0 Å². The highest BCUT2D eigenvalue weighted by atomic mass is 19.1. The largest absolute Gasteiger partial charge is 0.350 e. The zero-order valence-electron chi connectivity index (χ0n) is 15.1. The van der Waals surface area contributed by atoms with Gasteiger partial charge in [0.2, 0.25) is 0 Å². The van der Waals surface area contributed by atoms with Gasteiger partial charge in [-0.3, -0.25) is 19.6 Å². The molecule has 0 saturated carbocycles. The summed E-state index contributed by atoms with van der Waals surface area (Å²) in [6.45, 7) is 0.619. The quantitative estimate of drug-likeness (QED) is 0.662. The maximum absolute atomic E-state index is 13.6. The molecule has 2 heterocycles. The van der Waals surface area contributed by atoms with E-state index in [1.165, 1.54) is 24.4 Å². The van der Waals surface area contributed by atoms with E-state index >= 15 is 0 Å². The van der Waals surface area contributed by atoms with E-state index in [2.05, 4.69) is 20.6 Å².